The molecule has 8 heteroatoms. The van der Waals surface area contributed by atoms with Crippen molar-refractivity contribution in [2.24, 2.45) is 5.10 Å². The van der Waals surface area contributed by atoms with Crippen LogP contribution in [0, 0.1) is 6.92 Å². The Labute approximate surface area is 143 Å². The minimum atomic E-state index is -0.899. The molecule has 0 radical (unpaired) electrons. The van der Waals surface area contributed by atoms with Gasteiger partial charge in [0.25, 0.3) is 11.5 Å². The van der Waals surface area contributed by atoms with E-state index in [4.69, 9.17) is 9.52 Å². The zero-order valence-electron chi connectivity index (χ0n) is 14.0. The van der Waals surface area contributed by atoms with Gasteiger partial charge in [0.05, 0.1) is 12.1 Å². The number of rotatable bonds is 7. The standard InChI is InChI=1S/C17H19N3O5/c1-11(14-9-13(25-12(14)2)6-7-17(23)24)18-19-15(21)10-20-8-4-3-5-16(20)22/h3-5,8-9H,6-7,10H2,1-2H3,(H,19,21)(H,23,24)/b18-11-. The van der Waals surface area contributed by atoms with Crippen molar-refractivity contribution in [2.45, 2.75) is 33.2 Å². The van der Waals surface area contributed by atoms with Gasteiger partial charge in [-0.2, -0.15) is 5.10 Å². The number of carboxylic acid groups (broad SMARTS) is 1. The third-order valence-corrected chi connectivity index (χ3v) is 3.51. The molecule has 1 amide bonds. The number of aryl methyl sites for hydroxylation is 2. The number of amides is 1. The van der Waals surface area contributed by atoms with Crippen LogP contribution in [0.15, 0.2) is 44.8 Å². The number of carbonyl (C=O) groups excluding carboxylic acids is 1. The summed E-state index contributed by atoms with van der Waals surface area (Å²) in [6, 6.07) is 6.35. The molecule has 2 aromatic rings. The van der Waals surface area contributed by atoms with Gasteiger partial charge in [0.2, 0.25) is 0 Å². The van der Waals surface area contributed by atoms with Gasteiger partial charge in [-0.15, -0.1) is 0 Å². The summed E-state index contributed by atoms with van der Waals surface area (Å²) < 4.78 is 6.77. The Morgan fingerprint density at radius 1 is 1.36 bits per heavy atom. The number of pyridine rings is 1. The first-order valence-electron chi connectivity index (χ1n) is 7.67. The highest BCUT2D eigenvalue weighted by atomic mass is 16.4. The van der Waals surface area contributed by atoms with Gasteiger partial charge in [-0.1, -0.05) is 6.07 Å². The lowest BCUT2D eigenvalue weighted by atomic mass is 10.1. The summed E-state index contributed by atoms with van der Waals surface area (Å²) in [6.07, 6.45) is 1.78. The molecule has 0 aliphatic rings. The van der Waals surface area contributed by atoms with E-state index >= 15 is 0 Å². The predicted molar refractivity (Wildman–Crippen MR) is 90.5 cm³/mol. The van der Waals surface area contributed by atoms with Crippen LogP contribution in [0.5, 0.6) is 0 Å². The molecule has 2 rings (SSSR count). The van der Waals surface area contributed by atoms with Crippen LogP contribution in [0.3, 0.4) is 0 Å². The van der Waals surface area contributed by atoms with E-state index in [9.17, 15) is 14.4 Å². The Hall–Kier alpha value is -3.16. The first-order chi connectivity index (χ1) is 11.9. The molecule has 0 atom stereocenters. The summed E-state index contributed by atoms with van der Waals surface area (Å²) in [7, 11) is 0. The second-order valence-electron chi connectivity index (χ2n) is 5.48. The lowest BCUT2D eigenvalue weighted by molar-refractivity contribution is -0.137. The minimum Gasteiger partial charge on any atom is -0.481 e. The third kappa shape index (κ3) is 5.17. The van der Waals surface area contributed by atoms with Gasteiger partial charge in [0, 0.05) is 24.2 Å². The van der Waals surface area contributed by atoms with Crippen molar-refractivity contribution in [1.29, 1.82) is 0 Å². The molecule has 0 saturated carbocycles. The minimum absolute atomic E-state index is 0.0227. The van der Waals surface area contributed by atoms with Crippen LogP contribution < -0.4 is 11.0 Å². The number of hydrazone groups is 1. The molecular formula is C17H19N3O5. The average molecular weight is 345 g/mol. The molecule has 0 aromatic carbocycles. The molecular weight excluding hydrogens is 326 g/mol. The number of furan rings is 1. The number of carboxylic acids is 1. The molecule has 0 bridgehead atoms. The van der Waals surface area contributed by atoms with E-state index in [0.717, 1.165) is 0 Å². The van der Waals surface area contributed by atoms with E-state index in [1.807, 2.05) is 0 Å². The molecule has 2 heterocycles. The summed E-state index contributed by atoms with van der Waals surface area (Å²) in [5.41, 5.74) is 3.34. The van der Waals surface area contributed by atoms with Gasteiger partial charge in [-0.25, -0.2) is 5.43 Å². The molecule has 0 saturated heterocycles. The summed E-state index contributed by atoms with van der Waals surface area (Å²) >= 11 is 0. The van der Waals surface area contributed by atoms with Gasteiger partial charge in [0.15, 0.2) is 0 Å². The van der Waals surface area contributed by atoms with E-state index in [-0.39, 0.29) is 24.9 Å². The van der Waals surface area contributed by atoms with Gasteiger partial charge in [-0.3, -0.25) is 14.4 Å². The Balaban J connectivity index is 2.01. The zero-order chi connectivity index (χ0) is 18.4. The Bertz CT molecular complexity index is 863. The van der Waals surface area contributed by atoms with Gasteiger partial charge in [-0.05, 0) is 26.0 Å². The second-order valence-corrected chi connectivity index (χ2v) is 5.48. The molecule has 0 spiro atoms. The van der Waals surface area contributed by atoms with Crippen molar-refractivity contribution in [3.8, 4) is 0 Å². The number of aliphatic carboxylic acids is 1. The largest absolute Gasteiger partial charge is 0.481 e. The zero-order valence-corrected chi connectivity index (χ0v) is 14.0. The van der Waals surface area contributed by atoms with Crippen molar-refractivity contribution in [1.82, 2.24) is 9.99 Å². The molecule has 0 fully saturated rings. The summed E-state index contributed by atoms with van der Waals surface area (Å²) in [6.45, 7) is 3.31. The quantitative estimate of drug-likeness (QED) is 0.580. The maximum atomic E-state index is 11.9. The topological polar surface area (TPSA) is 114 Å². The van der Waals surface area contributed by atoms with Crippen LogP contribution in [0.4, 0.5) is 0 Å². The monoisotopic (exact) mass is 345 g/mol. The highest BCUT2D eigenvalue weighted by molar-refractivity contribution is 6.00. The molecule has 2 aromatic heterocycles. The lowest BCUT2D eigenvalue weighted by Crippen LogP contribution is -2.29. The number of nitrogens with zero attached hydrogens (tertiary/aromatic N) is 2. The number of aromatic nitrogens is 1. The highest BCUT2D eigenvalue weighted by Gasteiger charge is 2.12. The fourth-order valence-electron chi connectivity index (χ4n) is 2.24. The van der Waals surface area contributed by atoms with Crippen LogP contribution in [0.2, 0.25) is 0 Å². The smallest absolute Gasteiger partial charge is 0.303 e. The van der Waals surface area contributed by atoms with Crippen LogP contribution >= 0.6 is 0 Å². The maximum Gasteiger partial charge on any atom is 0.303 e. The Kier molecular flexibility index (Phi) is 5.89. The van der Waals surface area contributed by atoms with Crippen molar-refractivity contribution in [3.63, 3.8) is 0 Å². The second kappa shape index (κ2) is 8.09. The van der Waals surface area contributed by atoms with Crippen molar-refractivity contribution in [3.05, 3.63) is 57.9 Å². The lowest BCUT2D eigenvalue weighted by Gasteiger charge is -2.04. The maximum absolute atomic E-state index is 11.9. The Morgan fingerprint density at radius 3 is 2.80 bits per heavy atom. The number of hydrogen-bond donors (Lipinski definition) is 2. The van der Waals surface area contributed by atoms with Crippen molar-refractivity contribution < 1.29 is 19.1 Å². The molecule has 0 unspecified atom stereocenters. The molecule has 8 nitrogen and oxygen atoms in total. The van der Waals surface area contributed by atoms with Crippen LogP contribution in [-0.2, 0) is 22.6 Å². The molecule has 2 N–H and O–H groups in total. The van der Waals surface area contributed by atoms with E-state index in [2.05, 4.69) is 10.5 Å². The SMILES string of the molecule is C/C(=N/NC(=O)Cn1ccccc1=O)c1cc(CCC(=O)O)oc1C. The van der Waals surface area contributed by atoms with Gasteiger partial charge >= 0.3 is 5.97 Å². The number of nitrogens with one attached hydrogen (secondary N) is 1. The van der Waals surface area contributed by atoms with E-state index in [0.29, 0.717) is 22.8 Å². The van der Waals surface area contributed by atoms with E-state index in [1.165, 1.54) is 16.8 Å². The molecule has 132 valence electrons. The van der Waals surface area contributed by atoms with Crippen LogP contribution in [0.25, 0.3) is 0 Å². The fourth-order valence-corrected chi connectivity index (χ4v) is 2.24. The van der Waals surface area contributed by atoms with Gasteiger partial charge in [0.1, 0.15) is 18.1 Å². The first kappa shape index (κ1) is 18.2. The number of carbonyl (C=O) groups is 2. The van der Waals surface area contributed by atoms with Crippen LogP contribution in [0.1, 0.15) is 30.4 Å². The first-order valence-corrected chi connectivity index (χ1v) is 7.67. The van der Waals surface area contributed by atoms with E-state index in [1.54, 1.807) is 32.0 Å². The molecule has 0 aliphatic heterocycles. The summed E-state index contributed by atoms with van der Waals surface area (Å²) in [5.74, 6) is -0.189. The predicted octanol–water partition coefficient (Wildman–Crippen LogP) is 1.31. The number of hydrogen-bond acceptors (Lipinski definition) is 5. The summed E-state index contributed by atoms with van der Waals surface area (Å²) in [5, 5.41) is 12.7. The van der Waals surface area contributed by atoms with E-state index < -0.39 is 11.9 Å². The average Bonchev–Trinajstić information content (AvgIpc) is 2.94. The highest BCUT2D eigenvalue weighted by Crippen LogP contribution is 2.17. The normalized spacial score (nSPS) is 11.4. The molecule has 0 aliphatic carbocycles. The molecule has 25 heavy (non-hydrogen) atoms. The third-order valence-electron chi connectivity index (χ3n) is 3.51. The Morgan fingerprint density at radius 2 is 2.12 bits per heavy atom. The van der Waals surface area contributed by atoms with Gasteiger partial charge < -0.3 is 14.1 Å². The summed E-state index contributed by atoms with van der Waals surface area (Å²) in [4.78, 5) is 34.1. The van der Waals surface area contributed by atoms with Crippen molar-refractivity contribution in [2.75, 3.05) is 0 Å². The van der Waals surface area contributed by atoms with Crippen molar-refractivity contribution >= 4 is 17.6 Å². The fraction of sp³-hybridized carbons (Fsp3) is 0.294. The van der Waals surface area contributed by atoms with Crippen LogP contribution in [-0.4, -0.2) is 27.3 Å².